The lowest BCUT2D eigenvalue weighted by Gasteiger charge is -2.28. The molecule has 0 saturated carbocycles. The van der Waals surface area contributed by atoms with Gasteiger partial charge in [-0.3, -0.25) is 18.6 Å². The number of pyridine rings is 1. The van der Waals surface area contributed by atoms with Gasteiger partial charge < -0.3 is 9.88 Å². The van der Waals surface area contributed by atoms with E-state index in [1.54, 1.807) is 67.7 Å². The summed E-state index contributed by atoms with van der Waals surface area (Å²) in [6, 6.07) is 17.9. The van der Waals surface area contributed by atoms with Crippen LogP contribution in [0.4, 0.5) is 5.69 Å². The van der Waals surface area contributed by atoms with Crippen molar-refractivity contribution in [1.29, 1.82) is 0 Å². The van der Waals surface area contributed by atoms with Gasteiger partial charge in [0, 0.05) is 37.9 Å². The molecular formula is C27H25N7O4S. The molecule has 1 N–H and O–H groups in total. The standard InChI is InChI=1S/C27H25N7O4S/c1-31-16-21(9-11-25(31)35)33-24-10-8-20(14-19(24)15-28-33)34-26(18-6-4-3-5-7-18)23(17-39(34,37)38)29-27(36)22-12-13-32(2)30-22/h3-16,23,26H,17H2,1-2H3,(H,29,36)/t23-,26+/m0/s1. The molecule has 2 atom stereocenters. The minimum atomic E-state index is -3.81. The highest BCUT2D eigenvalue weighted by Gasteiger charge is 2.47. The fourth-order valence-electron chi connectivity index (χ4n) is 5.04. The predicted molar refractivity (Wildman–Crippen MR) is 146 cm³/mol. The van der Waals surface area contributed by atoms with E-state index in [0.29, 0.717) is 11.4 Å². The molecule has 4 heterocycles. The van der Waals surface area contributed by atoms with Crippen LogP contribution < -0.4 is 15.2 Å². The highest BCUT2D eigenvalue weighted by atomic mass is 32.2. The number of hydrogen-bond acceptors (Lipinski definition) is 6. The lowest BCUT2D eigenvalue weighted by molar-refractivity contribution is 0.0931. The van der Waals surface area contributed by atoms with E-state index in [2.05, 4.69) is 15.5 Å². The summed E-state index contributed by atoms with van der Waals surface area (Å²) in [7, 11) is -0.428. The number of carbonyl (C=O) groups is 1. The summed E-state index contributed by atoms with van der Waals surface area (Å²) in [5.41, 5.74) is 2.76. The summed E-state index contributed by atoms with van der Waals surface area (Å²) in [6.07, 6.45) is 5.00. The summed E-state index contributed by atoms with van der Waals surface area (Å²) in [4.78, 5) is 24.8. The van der Waals surface area contributed by atoms with Crippen molar-refractivity contribution in [3.63, 3.8) is 0 Å². The third-order valence-electron chi connectivity index (χ3n) is 6.85. The third-order valence-corrected chi connectivity index (χ3v) is 8.67. The molecule has 39 heavy (non-hydrogen) atoms. The van der Waals surface area contributed by atoms with E-state index in [1.165, 1.54) is 19.6 Å². The molecule has 1 amide bonds. The number of amides is 1. The van der Waals surface area contributed by atoms with E-state index in [1.807, 2.05) is 30.3 Å². The van der Waals surface area contributed by atoms with Crippen LogP contribution in [0.3, 0.4) is 0 Å². The average Bonchev–Trinajstić information content (AvgIpc) is 3.60. The Labute approximate surface area is 224 Å². The molecule has 3 aromatic heterocycles. The molecule has 5 aromatic rings. The van der Waals surface area contributed by atoms with Crippen LogP contribution in [-0.4, -0.2) is 50.2 Å². The van der Waals surface area contributed by atoms with Gasteiger partial charge in [-0.25, -0.2) is 13.1 Å². The molecule has 1 fully saturated rings. The maximum atomic E-state index is 13.6. The Hall–Kier alpha value is -4.71. The molecule has 2 aromatic carbocycles. The van der Waals surface area contributed by atoms with Gasteiger partial charge in [-0.2, -0.15) is 10.2 Å². The van der Waals surface area contributed by atoms with Crippen molar-refractivity contribution < 1.29 is 13.2 Å². The molecule has 1 saturated heterocycles. The molecule has 1 aliphatic rings. The van der Waals surface area contributed by atoms with Gasteiger partial charge in [-0.1, -0.05) is 30.3 Å². The number of anilines is 1. The quantitative estimate of drug-likeness (QED) is 0.362. The summed E-state index contributed by atoms with van der Waals surface area (Å²) in [5, 5.41) is 12.3. The SMILES string of the molecule is Cn1ccc(C(=O)N[C@H]2CS(=O)(=O)N(c3ccc4c(cnn4-c4ccc(=O)n(C)c4)c3)[C@@H]2c2ccccc2)n1. The van der Waals surface area contributed by atoms with Crippen LogP contribution in [-0.2, 0) is 24.1 Å². The molecule has 12 heteroatoms. The van der Waals surface area contributed by atoms with Gasteiger partial charge in [-0.15, -0.1) is 0 Å². The normalized spacial score (nSPS) is 18.5. The second kappa shape index (κ2) is 9.24. The summed E-state index contributed by atoms with van der Waals surface area (Å²) >= 11 is 0. The van der Waals surface area contributed by atoms with E-state index >= 15 is 0 Å². The van der Waals surface area contributed by atoms with Crippen molar-refractivity contribution >= 4 is 32.5 Å². The van der Waals surface area contributed by atoms with Crippen LogP contribution in [0.2, 0.25) is 0 Å². The highest BCUT2D eigenvalue weighted by Crippen LogP contribution is 2.40. The number of aromatic nitrogens is 5. The summed E-state index contributed by atoms with van der Waals surface area (Å²) in [6.45, 7) is 0. The number of fused-ring (bicyclic) bond motifs is 1. The number of benzene rings is 2. The van der Waals surface area contributed by atoms with Gasteiger partial charge in [0.2, 0.25) is 15.6 Å². The van der Waals surface area contributed by atoms with Crippen LogP contribution in [0.25, 0.3) is 16.6 Å². The van der Waals surface area contributed by atoms with Crippen LogP contribution in [0.5, 0.6) is 0 Å². The Morgan fingerprint density at radius 2 is 1.77 bits per heavy atom. The van der Waals surface area contributed by atoms with Crippen molar-refractivity contribution in [3.8, 4) is 5.69 Å². The van der Waals surface area contributed by atoms with E-state index in [9.17, 15) is 18.0 Å². The number of rotatable bonds is 5. The first-order valence-corrected chi connectivity index (χ1v) is 13.8. The second-order valence-corrected chi connectivity index (χ2v) is 11.4. The monoisotopic (exact) mass is 543 g/mol. The van der Waals surface area contributed by atoms with Crippen LogP contribution in [0.15, 0.2) is 90.1 Å². The van der Waals surface area contributed by atoms with Gasteiger partial charge in [0.25, 0.3) is 5.91 Å². The largest absolute Gasteiger partial charge is 0.344 e. The van der Waals surface area contributed by atoms with Gasteiger partial charge in [0.05, 0.1) is 40.9 Å². The minimum absolute atomic E-state index is 0.131. The van der Waals surface area contributed by atoms with E-state index in [0.717, 1.165) is 16.5 Å². The van der Waals surface area contributed by atoms with Gasteiger partial charge in [-0.05, 0) is 35.9 Å². The number of carbonyl (C=O) groups excluding carboxylic acids is 1. The number of aryl methyl sites for hydroxylation is 2. The Kier molecular flexibility index (Phi) is 5.83. The molecule has 198 valence electrons. The van der Waals surface area contributed by atoms with Gasteiger partial charge in [0.15, 0.2) is 0 Å². The maximum absolute atomic E-state index is 13.6. The van der Waals surface area contributed by atoms with Crippen molar-refractivity contribution in [2.24, 2.45) is 14.1 Å². The molecular weight excluding hydrogens is 518 g/mol. The maximum Gasteiger partial charge on any atom is 0.272 e. The zero-order valence-corrected chi connectivity index (χ0v) is 22.0. The third kappa shape index (κ3) is 4.38. The Balaban J connectivity index is 1.41. The minimum Gasteiger partial charge on any atom is -0.344 e. The zero-order valence-electron chi connectivity index (χ0n) is 21.2. The molecule has 0 bridgehead atoms. The molecule has 6 rings (SSSR count). The van der Waals surface area contributed by atoms with Gasteiger partial charge in [0.1, 0.15) is 5.69 Å². The summed E-state index contributed by atoms with van der Waals surface area (Å²) in [5.74, 6) is -0.701. The second-order valence-electron chi connectivity index (χ2n) is 9.52. The molecule has 0 unspecified atom stereocenters. The Morgan fingerprint density at radius 1 is 1.00 bits per heavy atom. The van der Waals surface area contributed by atoms with Crippen molar-refractivity contribution in [3.05, 3.63) is 107 Å². The molecule has 0 spiro atoms. The lowest BCUT2D eigenvalue weighted by atomic mass is 9.99. The van der Waals surface area contributed by atoms with Crippen LogP contribution >= 0.6 is 0 Å². The van der Waals surface area contributed by atoms with Gasteiger partial charge >= 0.3 is 0 Å². The van der Waals surface area contributed by atoms with Crippen molar-refractivity contribution in [2.75, 3.05) is 10.1 Å². The first-order chi connectivity index (χ1) is 18.7. The highest BCUT2D eigenvalue weighted by molar-refractivity contribution is 7.93. The Morgan fingerprint density at radius 3 is 2.49 bits per heavy atom. The first-order valence-electron chi connectivity index (χ1n) is 12.2. The number of nitrogens with one attached hydrogen (secondary N) is 1. The predicted octanol–water partition coefficient (Wildman–Crippen LogP) is 2.15. The van der Waals surface area contributed by atoms with E-state index in [-0.39, 0.29) is 17.0 Å². The van der Waals surface area contributed by atoms with Crippen LogP contribution in [0.1, 0.15) is 22.1 Å². The topological polar surface area (TPSA) is 124 Å². The van der Waals surface area contributed by atoms with Crippen molar-refractivity contribution in [1.82, 2.24) is 29.4 Å². The first kappa shape index (κ1) is 24.6. The average molecular weight is 544 g/mol. The van der Waals surface area contributed by atoms with E-state index in [4.69, 9.17) is 0 Å². The summed E-state index contributed by atoms with van der Waals surface area (Å²) < 4.78 is 33.3. The van der Waals surface area contributed by atoms with Crippen molar-refractivity contribution in [2.45, 2.75) is 12.1 Å². The fraction of sp³-hybridized carbons (Fsp3) is 0.185. The number of sulfonamides is 1. The zero-order chi connectivity index (χ0) is 27.3. The molecule has 11 nitrogen and oxygen atoms in total. The smallest absolute Gasteiger partial charge is 0.272 e. The van der Waals surface area contributed by atoms with E-state index < -0.39 is 28.0 Å². The fourth-order valence-corrected chi connectivity index (χ4v) is 6.97. The number of nitrogens with zero attached hydrogens (tertiary/aromatic N) is 6. The number of hydrogen-bond donors (Lipinski definition) is 1. The molecule has 0 aliphatic carbocycles. The molecule has 0 radical (unpaired) electrons. The molecule has 1 aliphatic heterocycles. The van der Waals surface area contributed by atoms with Crippen LogP contribution in [0, 0.1) is 0 Å². The Bertz CT molecular complexity index is 1870. The lowest BCUT2D eigenvalue weighted by Crippen LogP contribution is -2.41.